The molecule has 0 aromatic heterocycles. The second kappa shape index (κ2) is 12.2. The molecule has 2 N–H and O–H groups in total. The van der Waals surface area contributed by atoms with Crippen molar-refractivity contribution in [2.75, 3.05) is 37.7 Å². The highest BCUT2D eigenvalue weighted by Crippen LogP contribution is 2.36. The van der Waals surface area contributed by atoms with E-state index in [-0.39, 0.29) is 38.3 Å². The molecule has 9 nitrogen and oxygen atoms in total. The number of amides is 1. The first kappa shape index (κ1) is 24.5. The molecule has 0 saturated heterocycles. The summed E-state index contributed by atoms with van der Waals surface area (Å²) in [5, 5.41) is 11.8. The van der Waals surface area contributed by atoms with Gasteiger partial charge in [0.2, 0.25) is 6.79 Å². The number of aliphatic hydroxyl groups excluding tert-OH is 1. The topological polar surface area (TPSA) is 113 Å². The quantitative estimate of drug-likeness (QED) is 0.333. The maximum atomic E-state index is 12.8. The van der Waals surface area contributed by atoms with Crippen LogP contribution in [0.15, 0.2) is 42.5 Å². The summed E-state index contributed by atoms with van der Waals surface area (Å²) in [5.74, 6) is 0.975. The van der Waals surface area contributed by atoms with Crippen molar-refractivity contribution in [1.29, 1.82) is 0 Å². The van der Waals surface area contributed by atoms with Gasteiger partial charge >= 0.3 is 12.1 Å². The standard InChI is InChI=1S/C23H27NO8S/c1-15(8-10-29-21(26)13-33)22(17-4-2-3-5-18(17)28-11-9-25)32-23(27)24-16-6-7-19-20(12-16)31-14-30-19/h2-7,12,15,22,25,33H,8-11,13-14H2,1H3,(H,24,27)/t15-,22-/m1/s1. The zero-order chi connectivity index (χ0) is 23.6. The van der Waals surface area contributed by atoms with Crippen LogP contribution in [0.25, 0.3) is 0 Å². The molecule has 0 bridgehead atoms. The van der Waals surface area contributed by atoms with Crippen LogP contribution < -0.4 is 19.5 Å². The fourth-order valence-electron chi connectivity index (χ4n) is 3.28. The van der Waals surface area contributed by atoms with Crippen molar-refractivity contribution < 1.29 is 38.4 Å². The first-order valence-corrected chi connectivity index (χ1v) is 11.1. The number of aliphatic hydroxyl groups is 1. The fourth-order valence-corrected chi connectivity index (χ4v) is 3.37. The van der Waals surface area contributed by atoms with Crippen molar-refractivity contribution in [3.8, 4) is 17.2 Å². The molecule has 0 spiro atoms. The SMILES string of the molecule is C[C@H](CCOC(=O)CS)[C@@H](OC(=O)Nc1ccc2c(c1)OCO2)c1ccccc1OCCO. The van der Waals surface area contributed by atoms with Gasteiger partial charge in [-0.1, -0.05) is 25.1 Å². The molecule has 3 rings (SSSR count). The minimum Gasteiger partial charge on any atom is -0.491 e. The monoisotopic (exact) mass is 477 g/mol. The molecule has 0 radical (unpaired) electrons. The fraction of sp³-hybridized carbons (Fsp3) is 0.391. The molecule has 1 aliphatic heterocycles. The van der Waals surface area contributed by atoms with Gasteiger partial charge in [-0.05, 0) is 24.6 Å². The number of hydrogen-bond acceptors (Lipinski definition) is 9. The Kier molecular flexibility index (Phi) is 9.08. The molecule has 0 aliphatic carbocycles. The van der Waals surface area contributed by atoms with Crippen molar-refractivity contribution in [3.63, 3.8) is 0 Å². The number of hydrogen-bond donors (Lipinski definition) is 3. The summed E-state index contributed by atoms with van der Waals surface area (Å²) in [6.45, 7) is 2.12. The van der Waals surface area contributed by atoms with Crippen LogP contribution in [0.2, 0.25) is 0 Å². The minimum atomic E-state index is -0.705. The molecule has 2 atom stereocenters. The Morgan fingerprint density at radius 1 is 1.15 bits per heavy atom. The lowest BCUT2D eigenvalue weighted by Gasteiger charge is -2.26. The van der Waals surface area contributed by atoms with E-state index in [1.54, 1.807) is 42.5 Å². The highest BCUT2D eigenvalue weighted by Gasteiger charge is 2.27. The number of thiol groups is 1. The largest absolute Gasteiger partial charge is 0.491 e. The van der Waals surface area contributed by atoms with Crippen molar-refractivity contribution in [1.82, 2.24) is 0 Å². The van der Waals surface area contributed by atoms with Gasteiger partial charge in [-0.3, -0.25) is 10.1 Å². The van der Waals surface area contributed by atoms with Gasteiger partial charge in [0, 0.05) is 23.2 Å². The molecular weight excluding hydrogens is 450 g/mol. The average Bonchev–Trinajstić information content (AvgIpc) is 3.29. The van der Waals surface area contributed by atoms with E-state index in [1.165, 1.54) is 0 Å². The number of anilines is 1. The Bertz CT molecular complexity index is 954. The Hall–Kier alpha value is -3.11. The molecule has 1 aliphatic rings. The lowest BCUT2D eigenvalue weighted by atomic mass is 9.94. The van der Waals surface area contributed by atoms with Gasteiger partial charge in [0.1, 0.15) is 18.5 Å². The van der Waals surface area contributed by atoms with Gasteiger partial charge in [0.25, 0.3) is 0 Å². The first-order chi connectivity index (χ1) is 16.0. The first-order valence-electron chi connectivity index (χ1n) is 10.5. The van der Waals surface area contributed by atoms with Crippen LogP contribution in [0.4, 0.5) is 10.5 Å². The summed E-state index contributed by atoms with van der Waals surface area (Å²) < 4.78 is 27.2. The van der Waals surface area contributed by atoms with Crippen LogP contribution in [-0.2, 0) is 14.3 Å². The summed E-state index contributed by atoms with van der Waals surface area (Å²) >= 11 is 3.90. The Morgan fingerprint density at radius 3 is 2.73 bits per heavy atom. The van der Waals surface area contributed by atoms with E-state index < -0.39 is 18.2 Å². The Balaban J connectivity index is 1.74. The van der Waals surface area contributed by atoms with Crippen LogP contribution in [-0.4, -0.2) is 49.5 Å². The van der Waals surface area contributed by atoms with Gasteiger partial charge in [-0.2, -0.15) is 12.6 Å². The van der Waals surface area contributed by atoms with Crippen molar-refractivity contribution in [3.05, 3.63) is 48.0 Å². The van der Waals surface area contributed by atoms with E-state index in [4.69, 9.17) is 28.8 Å². The van der Waals surface area contributed by atoms with Gasteiger partial charge in [-0.15, -0.1) is 0 Å². The van der Waals surface area contributed by atoms with Gasteiger partial charge in [-0.25, -0.2) is 4.79 Å². The summed E-state index contributed by atoms with van der Waals surface area (Å²) in [6.07, 6.45) is -0.936. The Morgan fingerprint density at radius 2 is 1.94 bits per heavy atom. The third-order valence-corrected chi connectivity index (χ3v) is 5.17. The highest BCUT2D eigenvalue weighted by molar-refractivity contribution is 7.81. The van der Waals surface area contributed by atoms with Crippen LogP contribution in [0.1, 0.15) is 25.0 Å². The van der Waals surface area contributed by atoms with Gasteiger partial charge in [0.05, 0.1) is 19.0 Å². The third-order valence-electron chi connectivity index (χ3n) is 4.91. The summed E-state index contributed by atoms with van der Waals surface area (Å²) in [6, 6.07) is 12.2. The summed E-state index contributed by atoms with van der Waals surface area (Å²) in [4.78, 5) is 24.2. The van der Waals surface area contributed by atoms with Crippen LogP contribution in [0.5, 0.6) is 17.2 Å². The maximum Gasteiger partial charge on any atom is 0.412 e. The predicted octanol–water partition coefficient (Wildman–Crippen LogP) is 3.58. The maximum absolute atomic E-state index is 12.8. The van der Waals surface area contributed by atoms with Crippen LogP contribution in [0.3, 0.4) is 0 Å². The lowest BCUT2D eigenvalue weighted by Crippen LogP contribution is -2.24. The molecule has 0 fully saturated rings. The number of esters is 1. The number of para-hydroxylation sites is 1. The lowest BCUT2D eigenvalue weighted by molar-refractivity contribution is -0.141. The smallest absolute Gasteiger partial charge is 0.412 e. The second-order valence-corrected chi connectivity index (χ2v) is 7.59. The van der Waals surface area contributed by atoms with Crippen molar-refractivity contribution in [2.45, 2.75) is 19.4 Å². The second-order valence-electron chi connectivity index (χ2n) is 7.27. The zero-order valence-corrected chi connectivity index (χ0v) is 19.1. The molecule has 0 saturated carbocycles. The number of carbonyl (C=O) groups is 2. The zero-order valence-electron chi connectivity index (χ0n) is 18.2. The van der Waals surface area contributed by atoms with E-state index >= 15 is 0 Å². The minimum absolute atomic E-state index is 0.00984. The number of ether oxygens (including phenoxy) is 5. The van der Waals surface area contributed by atoms with Crippen LogP contribution in [0, 0.1) is 5.92 Å². The van der Waals surface area contributed by atoms with Crippen molar-refractivity contribution >= 4 is 30.4 Å². The molecule has 2 aromatic rings. The molecule has 2 aromatic carbocycles. The predicted molar refractivity (Wildman–Crippen MR) is 123 cm³/mol. The molecular formula is C23H27NO8S. The van der Waals surface area contributed by atoms with E-state index in [2.05, 4.69) is 17.9 Å². The number of nitrogens with one attached hydrogen (secondary N) is 1. The number of carbonyl (C=O) groups excluding carboxylic acids is 2. The Labute approximate surface area is 197 Å². The molecule has 33 heavy (non-hydrogen) atoms. The van der Waals surface area contributed by atoms with E-state index in [9.17, 15) is 9.59 Å². The summed E-state index contributed by atoms with van der Waals surface area (Å²) in [7, 11) is 0. The van der Waals surface area contributed by atoms with Gasteiger partial charge in [0.15, 0.2) is 11.5 Å². The molecule has 178 valence electrons. The van der Waals surface area contributed by atoms with E-state index in [0.29, 0.717) is 34.9 Å². The number of benzene rings is 2. The molecule has 1 heterocycles. The molecule has 0 unspecified atom stereocenters. The van der Waals surface area contributed by atoms with E-state index in [0.717, 1.165) is 0 Å². The van der Waals surface area contributed by atoms with E-state index in [1.807, 2.05) is 6.92 Å². The average molecular weight is 478 g/mol. The third kappa shape index (κ3) is 6.93. The van der Waals surface area contributed by atoms with Crippen molar-refractivity contribution in [2.24, 2.45) is 5.92 Å². The van der Waals surface area contributed by atoms with Crippen LogP contribution >= 0.6 is 12.6 Å². The van der Waals surface area contributed by atoms with Gasteiger partial charge < -0.3 is 28.8 Å². The number of fused-ring (bicyclic) bond motifs is 1. The normalized spacial score (nSPS) is 13.7. The molecule has 10 heteroatoms. The number of rotatable bonds is 11. The summed E-state index contributed by atoms with van der Waals surface area (Å²) in [5.41, 5.74) is 1.13. The molecule has 1 amide bonds. The highest BCUT2D eigenvalue weighted by atomic mass is 32.1.